The highest BCUT2D eigenvalue weighted by atomic mass is 32.1. The number of hydrogen-bond donors (Lipinski definition) is 0. The van der Waals surface area contributed by atoms with Crippen LogP contribution in [0.15, 0.2) is 29.8 Å². The summed E-state index contributed by atoms with van der Waals surface area (Å²) in [5.74, 6) is -0.0196. The number of likely N-dealkylation sites (tertiary alicyclic amines) is 1. The second-order valence-electron chi connectivity index (χ2n) is 6.42. The number of fused-ring (bicyclic) bond motifs is 1. The van der Waals surface area contributed by atoms with Crippen molar-refractivity contribution in [2.24, 2.45) is 0 Å². The third-order valence-electron chi connectivity index (χ3n) is 4.75. The maximum atomic E-state index is 12.9. The molecule has 4 rings (SSSR count). The summed E-state index contributed by atoms with van der Waals surface area (Å²) >= 11 is 1.50. The standard InChI is InChI=1S/C18H21N3O3S/c1-12-20-14(11-25-12)18(22)21-9-16(17-15(21)6-4-8-23-17)24-10-13-5-2-3-7-19-13/h2-3,5,7,11,15-17H,4,6,8-10H2,1H3/t15-,16+,17+/m1/s1. The number of aromatic nitrogens is 2. The van der Waals surface area contributed by atoms with E-state index in [1.165, 1.54) is 11.3 Å². The Labute approximate surface area is 150 Å². The number of carbonyl (C=O) groups is 1. The normalized spacial score (nSPS) is 25.8. The molecule has 6 nitrogen and oxygen atoms in total. The topological polar surface area (TPSA) is 64.6 Å². The van der Waals surface area contributed by atoms with E-state index in [1.54, 1.807) is 6.20 Å². The van der Waals surface area contributed by atoms with Crippen LogP contribution >= 0.6 is 11.3 Å². The van der Waals surface area contributed by atoms with Gasteiger partial charge in [0.1, 0.15) is 17.9 Å². The minimum absolute atomic E-state index is 0.0196. The van der Waals surface area contributed by atoms with E-state index in [0.717, 1.165) is 30.2 Å². The van der Waals surface area contributed by atoms with Crippen LogP contribution in [0, 0.1) is 6.92 Å². The second kappa shape index (κ2) is 7.19. The maximum absolute atomic E-state index is 12.9. The number of hydrogen-bond acceptors (Lipinski definition) is 6. The van der Waals surface area contributed by atoms with Gasteiger partial charge in [-0.1, -0.05) is 6.07 Å². The van der Waals surface area contributed by atoms with Crippen LogP contribution in [0.3, 0.4) is 0 Å². The number of nitrogens with zero attached hydrogens (tertiary/aromatic N) is 3. The molecule has 0 bridgehead atoms. The molecule has 0 spiro atoms. The number of aryl methyl sites for hydroxylation is 1. The Morgan fingerprint density at radius 2 is 2.40 bits per heavy atom. The van der Waals surface area contributed by atoms with Gasteiger partial charge in [0.05, 0.1) is 29.9 Å². The Hall–Kier alpha value is -1.83. The average Bonchev–Trinajstić information content (AvgIpc) is 3.24. The van der Waals surface area contributed by atoms with E-state index < -0.39 is 0 Å². The number of ether oxygens (including phenoxy) is 2. The summed E-state index contributed by atoms with van der Waals surface area (Å²) in [4.78, 5) is 23.4. The molecule has 0 aliphatic carbocycles. The molecule has 2 saturated heterocycles. The molecule has 1 amide bonds. The third-order valence-corrected chi connectivity index (χ3v) is 5.52. The summed E-state index contributed by atoms with van der Waals surface area (Å²) in [7, 11) is 0. The highest BCUT2D eigenvalue weighted by molar-refractivity contribution is 7.09. The van der Waals surface area contributed by atoms with Crippen molar-refractivity contribution in [3.63, 3.8) is 0 Å². The van der Waals surface area contributed by atoms with Crippen LogP contribution in [-0.4, -0.2) is 52.2 Å². The van der Waals surface area contributed by atoms with Crippen LogP contribution in [0.4, 0.5) is 0 Å². The third kappa shape index (κ3) is 3.44. The first-order valence-corrected chi connectivity index (χ1v) is 9.46. The van der Waals surface area contributed by atoms with Gasteiger partial charge in [0.15, 0.2) is 0 Å². The molecule has 4 heterocycles. The van der Waals surface area contributed by atoms with Crippen molar-refractivity contribution < 1.29 is 14.3 Å². The Morgan fingerprint density at radius 1 is 1.48 bits per heavy atom. The van der Waals surface area contributed by atoms with Crippen molar-refractivity contribution in [3.8, 4) is 0 Å². The van der Waals surface area contributed by atoms with Gasteiger partial charge in [-0.3, -0.25) is 9.78 Å². The van der Waals surface area contributed by atoms with E-state index in [2.05, 4.69) is 9.97 Å². The van der Waals surface area contributed by atoms with E-state index in [-0.39, 0.29) is 24.2 Å². The largest absolute Gasteiger partial charge is 0.373 e. The first kappa shape index (κ1) is 16.6. The van der Waals surface area contributed by atoms with Gasteiger partial charge in [0.2, 0.25) is 0 Å². The zero-order valence-corrected chi connectivity index (χ0v) is 14.9. The van der Waals surface area contributed by atoms with Crippen LogP contribution in [0.1, 0.15) is 34.0 Å². The van der Waals surface area contributed by atoms with E-state index in [0.29, 0.717) is 18.8 Å². The molecular weight excluding hydrogens is 338 g/mol. The van der Waals surface area contributed by atoms with Crippen LogP contribution in [0.2, 0.25) is 0 Å². The van der Waals surface area contributed by atoms with Gasteiger partial charge in [-0.15, -0.1) is 11.3 Å². The second-order valence-corrected chi connectivity index (χ2v) is 7.49. The fourth-order valence-corrected chi connectivity index (χ4v) is 4.16. The zero-order chi connectivity index (χ0) is 17.2. The van der Waals surface area contributed by atoms with Crippen LogP contribution < -0.4 is 0 Å². The number of amides is 1. The number of pyridine rings is 1. The minimum Gasteiger partial charge on any atom is -0.373 e. The zero-order valence-electron chi connectivity index (χ0n) is 14.1. The summed E-state index contributed by atoms with van der Waals surface area (Å²) in [6.45, 7) is 3.60. The first-order valence-electron chi connectivity index (χ1n) is 8.58. The predicted molar refractivity (Wildman–Crippen MR) is 93.5 cm³/mol. The molecule has 0 N–H and O–H groups in total. The van der Waals surface area contributed by atoms with Crippen molar-refractivity contribution in [1.82, 2.24) is 14.9 Å². The van der Waals surface area contributed by atoms with Gasteiger partial charge in [0.25, 0.3) is 5.91 Å². The van der Waals surface area contributed by atoms with Gasteiger partial charge < -0.3 is 14.4 Å². The maximum Gasteiger partial charge on any atom is 0.273 e. The van der Waals surface area contributed by atoms with Gasteiger partial charge in [0, 0.05) is 18.2 Å². The fourth-order valence-electron chi connectivity index (χ4n) is 3.57. The van der Waals surface area contributed by atoms with Crippen molar-refractivity contribution >= 4 is 17.2 Å². The lowest BCUT2D eigenvalue weighted by atomic mass is 10.0. The Kier molecular flexibility index (Phi) is 4.78. The predicted octanol–water partition coefficient (Wildman–Crippen LogP) is 2.44. The van der Waals surface area contributed by atoms with Crippen molar-refractivity contribution in [2.75, 3.05) is 13.2 Å². The molecule has 2 aromatic rings. The van der Waals surface area contributed by atoms with Gasteiger partial charge in [-0.25, -0.2) is 4.98 Å². The van der Waals surface area contributed by atoms with Crippen LogP contribution in [0.25, 0.3) is 0 Å². The Morgan fingerprint density at radius 3 is 3.16 bits per heavy atom. The summed E-state index contributed by atoms with van der Waals surface area (Å²) in [6, 6.07) is 5.84. The average molecular weight is 359 g/mol. The lowest BCUT2D eigenvalue weighted by Crippen LogP contribution is -2.44. The molecule has 2 fully saturated rings. The molecular formula is C18H21N3O3S. The van der Waals surface area contributed by atoms with Crippen molar-refractivity contribution in [3.05, 3.63) is 46.2 Å². The van der Waals surface area contributed by atoms with Crippen molar-refractivity contribution in [2.45, 2.75) is 44.6 Å². The molecule has 25 heavy (non-hydrogen) atoms. The monoisotopic (exact) mass is 359 g/mol. The molecule has 2 aromatic heterocycles. The highest BCUT2D eigenvalue weighted by Gasteiger charge is 2.47. The molecule has 2 aliphatic heterocycles. The first-order chi connectivity index (χ1) is 12.2. The van der Waals surface area contributed by atoms with Gasteiger partial charge in [-0.2, -0.15) is 0 Å². The summed E-state index contributed by atoms with van der Waals surface area (Å²) in [6.07, 6.45) is 3.47. The molecule has 0 aromatic carbocycles. The Bertz CT molecular complexity index is 736. The molecule has 0 unspecified atom stereocenters. The molecule has 2 aliphatic rings. The summed E-state index contributed by atoms with van der Waals surface area (Å²) in [5.41, 5.74) is 1.41. The SMILES string of the molecule is Cc1nc(C(=O)N2C[C@H](OCc3ccccn3)[C@H]3OCCC[C@H]32)cs1. The van der Waals surface area contributed by atoms with E-state index in [1.807, 2.05) is 35.4 Å². The smallest absolute Gasteiger partial charge is 0.273 e. The van der Waals surface area contributed by atoms with Crippen LogP contribution in [0.5, 0.6) is 0 Å². The molecule has 0 radical (unpaired) electrons. The van der Waals surface area contributed by atoms with E-state index in [9.17, 15) is 4.79 Å². The van der Waals surface area contributed by atoms with Gasteiger partial charge >= 0.3 is 0 Å². The van der Waals surface area contributed by atoms with Crippen molar-refractivity contribution in [1.29, 1.82) is 0 Å². The van der Waals surface area contributed by atoms with E-state index in [4.69, 9.17) is 9.47 Å². The molecule has 3 atom stereocenters. The highest BCUT2D eigenvalue weighted by Crippen LogP contribution is 2.32. The lowest BCUT2D eigenvalue weighted by molar-refractivity contribution is -0.0814. The van der Waals surface area contributed by atoms with Crippen LogP contribution in [-0.2, 0) is 16.1 Å². The lowest BCUT2D eigenvalue weighted by Gasteiger charge is -2.31. The Balaban J connectivity index is 1.48. The number of carbonyl (C=O) groups excluding carboxylic acids is 1. The molecule has 0 saturated carbocycles. The summed E-state index contributed by atoms with van der Waals surface area (Å²) in [5, 5.41) is 2.74. The number of thiazole rings is 1. The van der Waals surface area contributed by atoms with E-state index >= 15 is 0 Å². The quantitative estimate of drug-likeness (QED) is 0.839. The van der Waals surface area contributed by atoms with Gasteiger partial charge in [-0.05, 0) is 31.9 Å². The minimum atomic E-state index is -0.129. The molecule has 132 valence electrons. The summed E-state index contributed by atoms with van der Waals surface area (Å²) < 4.78 is 12.0. The number of rotatable bonds is 4. The fraction of sp³-hybridized carbons (Fsp3) is 0.500. The molecule has 7 heteroatoms.